The maximum Gasteiger partial charge on any atom is 0.243 e. The van der Waals surface area contributed by atoms with E-state index >= 15 is 0 Å². The third-order valence-electron chi connectivity index (χ3n) is 4.79. The minimum absolute atomic E-state index is 0.292. The molecule has 2 heterocycles. The van der Waals surface area contributed by atoms with Crippen molar-refractivity contribution in [3.05, 3.63) is 11.7 Å². The first-order valence-electron chi connectivity index (χ1n) is 7.93. The van der Waals surface area contributed by atoms with Crippen LogP contribution in [0.15, 0.2) is 4.52 Å². The average Bonchev–Trinajstić information content (AvgIpc) is 2.98. The Bertz CT molecular complexity index is 398. The number of nitrogens with one attached hydrogen (secondary N) is 1. The maximum absolute atomic E-state index is 5.50. The molecule has 2 fully saturated rings. The van der Waals surface area contributed by atoms with Crippen LogP contribution in [0, 0.1) is 5.92 Å². The Balaban J connectivity index is 1.66. The van der Waals surface area contributed by atoms with Gasteiger partial charge in [-0.2, -0.15) is 4.98 Å². The molecule has 4 heteroatoms. The molecule has 1 aliphatic carbocycles. The molecule has 1 aromatic rings. The van der Waals surface area contributed by atoms with Crippen molar-refractivity contribution in [1.29, 1.82) is 0 Å². The lowest BCUT2D eigenvalue weighted by atomic mass is 9.80. The lowest BCUT2D eigenvalue weighted by Gasteiger charge is -2.26. The summed E-state index contributed by atoms with van der Waals surface area (Å²) in [5.74, 6) is 3.15. The molecule has 1 aromatic heterocycles. The van der Waals surface area contributed by atoms with Gasteiger partial charge >= 0.3 is 0 Å². The molecule has 3 rings (SSSR count). The van der Waals surface area contributed by atoms with E-state index < -0.39 is 0 Å². The Morgan fingerprint density at radius 3 is 2.95 bits per heavy atom. The summed E-state index contributed by atoms with van der Waals surface area (Å²) in [6.45, 7) is 3.37. The summed E-state index contributed by atoms with van der Waals surface area (Å²) in [7, 11) is 0. The van der Waals surface area contributed by atoms with E-state index in [2.05, 4.69) is 22.4 Å². The molecule has 2 unspecified atom stereocenters. The molecule has 1 saturated heterocycles. The van der Waals surface area contributed by atoms with E-state index in [-0.39, 0.29) is 0 Å². The molecular weight excluding hydrogens is 238 g/mol. The second-order valence-electron chi connectivity index (χ2n) is 6.13. The molecule has 1 N–H and O–H groups in total. The molecule has 3 atom stereocenters. The Labute approximate surface area is 115 Å². The van der Waals surface area contributed by atoms with Gasteiger partial charge in [-0.25, -0.2) is 0 Å². The summed E-state index contributed by atoms with van der Waals surface area (Å²) in [5, 5.41) is 7.73. The fraction of sp³-hybridized carbons (Fsp3) is 0.867. The third kappa shape index (κ3) is 2.99. The minimum Gasteiger partial charge on any atom is -0.338 e. The first kappa shape index (κ1) is 13.1. The van der Waals surface area contributed by atoms with Crippen LogP contribution in [0.2, 0.25) is 0 Å². The van der Waals surface area contributed by atoms with Crippen LogP contribution < -0.4 is 5.32 Å². The van der Waals surface area contributed by atoms with Crippen LogP contribution in [-0.2, 0) is 0 Å². The topological polar surface area (TPSA) is 51.0 Å². The van der Waals surface area contributed by atoms with Crippen molar-refractivity contribution in [2.75, 3.05) is 6.54 Å². The molecule has 0 amide bonds. The van der Waals surface area contributed by atoms with E-state index in [1.807, 2.05) is 0 Å². The first-order chi connectivity index (χ1) is 9.36. The van der Waals surface area contributed by atoms with Gasteiger partial charge in [0.15, 0.2) is 5.82 Å². The largest absolute Gasteiger partial charge is 0.338 e. The lowest BCUT2D eigenvalue weighted by molar-refractivity contribution is 0.284. The SMILES string of the molecule is CCC1CCCC(c2noc([C@@H]3CCCCN3)n2)C1. The Hall–Kier alpha value is -0.900. The maximum atomic E-state index is 5.50. The zero-order valence-electron chi connectivity index (χ0n) is 11.9. The van der Waals surface area contributed by atoms with E-state index in [0.717, 1.165) is 30.6 Å². The predicted octanol–water partition coefficient (Wildman–Crippen LogP) is 3.57. The van der Waals surface area contributed by atoms with Gasteiger partial charge in [0.05, 0.1) is 6.04 Å². The van der Waals surface area contributed by atoms with Gasteiger partial charge in [0, 0.05) is 5.92 Å². The summed E-state index contributed by atoms with van der Waals surface area (Å²) in [4.78, 5) is 4.69. The fourth-order valence-electron chi connectivity index (χ4n) is 3.51. The van der Waals surface area contributed by atoms with E-state index in [1.54, 1.807) is 0 Å². The van der Waals surface area contributed by atoms with E-state index in [4.69, 9.17) is 4.52 Å². The molecule has 1 saturated carbocycles. The van der Waals surface area contributed by atoms with Gasteiger partial charge in [-0.3, -0.25) is 0 Å². The Morgan fingerprint density at radius 2 is 2.16 bits per heavy atom. The molecule has 2 aliphatic rings. The highest BCUT2D eigenvalue weighted by Gasteiger charge is 2.28. The highest BCUT2D eigenvalue weighted by Crippen LogP contribution is 2.36. The van der Waals surface area contributed by atoms with Crippen LogP contribution in [0.1, 0.15) is 82.0 Å². The quantitative estimate of drug-likeness (QED) is 0.905. The summed E-state index contributed by atoms with van der Waals surface area (Å²) < 4.78 is 5.50. The second-order valence-corrected chi connectivity index (χ2v) is 6.13. The van der Waals surface area contributed by atoms with Crippen LogP contribution >= 0.6 is 0 Å². The van der Waals surface area contributed by atoms with Crippen LogP contribution in [0.4, 0.5) is 0 Å². The highest BCUT2D eigenvalue weighted by atomic mass is 16.5. The number of hydrogen-bond donors (Lipinski definition) is 1. The second kappa shape index (κ2) is 6.04. The monoisotopic (exact) mass is 263 g/mol. The summed E-state index contributed by atoms with van der Waals surface area (Å²) in [6.07, 6.45) is 10.1. The van der Waals surface area contributed by atoms with Crippen molar-refractivity contribution in [3.63, 3.8) is 0 Å². The Kier molecular flexibility index (Phi) is 4.16. The molecule has 0 spiro atoms. The minimum atomic E-state index is 0.292. The number of piperidine rings is 1. The van der Waals surface area contributed by atoms with Gasteiger partial charge in [0.25, 0.3) is 0 Å². The Morgan fingerprint density at radius 1 is 1.21 bits per heavy atom. The number of nitrogens with zero attached hydrogens (tertiary/aromatic N) is 2. The molecule has 106 valence electrons. The smallest absolute Gasteiger partial charge is 0.243 e. The van der Waals surface area contributed by atoms with E-state index in [9.17, 15) is 0 Å². The van der Waals surface area contributed by atoms with Gasteiger partial charge in [-0.05, 0) is 38.1 Å². The van der Waals surface area contributed by atoms with E-state index in [1.165, 1.54) is 44.9 Å². The summed E-state index contributed by atoms with van der Waals surface area (Å²) in [6, 6.07) is 0.292. The molecular formula is C15H25N3O. The first-order valence-corrected chi connectivity index (χ1v) is 7.93. The number of aromatic nitrogens is 2. The fourth-order valence-corrected chi connectivity index (χ4v) is 3.51. The average molecular weight is 263 g/mol. The van der Waals surface area contributed by atoms with Crippen molar-refractivity contribution in [2.24, 2.45) is 5.92 Å². The standard InChI is InChI=1S/C15H25N3O/c1-2-11-6-5-7-12(10-11)14-17-15(19-18-14)13-8-3-4-9-16-13/h11-13,16H,2-10H2,1H3/t11?,12?,13-/m0/s1. The van der Waals surface area contributed by atoms with Crippen LogP contribution in [0.3, 0.4) is 0 Å². The van der Waals surface area contributed by atoms with Crippen LogP contribution in [-0.4, -0.2) is 16.7 Å². The van der Waals surface area contributed by atoms with Gasteiger partial charge < -0.3 is 9.84 Å². The normalized spacial score (nSPS) is 32.4. The third-order valence-corrected chi connectivity index (χ3v) is 4.79. The van der Waals surface area contributed by atoms with Crippen LogP contribution in [0.25, 0.3) is 0 Å². The highest BCUT2D eigenvalue weighted by molar-refractivity contribution is 5.01. The molecule has 0 radical (unpaired) electrons. The summed E-state index contributed by atoms with van der Waals surface area (Å²) >= 11 is 0. The summed E-state index contributed by atoms with van der Waals surface area (Å²) in [5.41, 5.74) is 0. The van der Waals surface area contributed by atoms with Gasteiger partial charge in [0.2, 0.25) is 5.89 Å². The zero-order valence-corrected chi connectivity index (χ0v) is 11.9. The predicted molar refractivity (Wildman–Crippen MR) is 73.9 cm³/mol. The van der Waals surface area contributed by atoms with Crippen molar-refractivity contribution in [1.82, 2.24) is 15.5 Å². The van der Waals surface area contributed by atoms with Gasteiger partial charge in [-0.15, -0.1) is 0 Å². The van der Waals surface area contributed by atoms with Crippen LogP contribution in [0.5, 0.6) is 0 Å². The molecule has 0 bridgehead atoms. The number of rotatable bonds is 3. The number of hydrogen-bond acceptors (Lipinski definition) is 4. The van der Waals surface area contributed by atoms with Gasteiger partial charge in [-0.1, -0.05) is 37.8 Å². The van der Waals surface area contributed by atoms with Crippen molar-refractivity contribution < 1.29 is 4.52 Å². The van der Waals surface area contributed by atoms with Crippen molar-refractivity contribution in [3.8, 4) is 0 Å². The van der Waals surface area contributed by atoms with Gasteiger partial charge in [0.1, 0.15) is 0 Å². The lowest BCUT2D eigenvalue weighted by Crippen LogP contribution is -2.27. The molecule has 4 nitrogen and oxygen atoms in total. The zero-order chi connectivity index (χ0) is 13.1. The molecule has 0 aromatic carbocycles. The molecule has 1 aliphatic heterocycles. The van der Waals surface area contributed by atoms with Crippen molar-refractivity contribution >= 4 is 0 Å². The molecule has 19 heavy (non-hydrogen) atoms. The van der Waals surface area contributed by atoms with Crippen molar-refractivity contribution in [2.45, 2.75) is 70.3 Å². The van der Waals surface area contributed by atoms with E-state index in [0.29, 0.717) is 12.0 Å².